The van der Waals surface area contributed by atoms with Crippen LogP contribution in [0.4, 0.5) is 13.2 Å². The summed E-state index contributed by atoms with van der Waals surface area (Å²) in [5.41, 5.74) is 0. The summed E-state index contributed by atoms with van der Waals surface area (Å²) in [4.78, 5) is 3.41. The molecule has 1 rings (SSSR count). The first-order chi connectivity index (χ1) is 6.91. The average molecular weight is 225 g/mol. The maximum absolute atomic E-state index is 12.6. The first-order valence-corrected chi connectivity index (χ1v) is 5.07. The molecule has 0 spiro atoms. The standard InChI is InChI=1S/C9H18F3N3/c1-14(2)5-6-15-4-3-13-7-8(15)9(10,11)12/h8,13H,3-7H2,1-2H3. The minimum atomic E-state index is -4.13. The molecule has 90 valence electrons. The van der Waals surface area contributed by atoms with E-state index in [0.717, 1.165) is 0 Å². The smallest absolute Gasteiger partial charge is 0.314 e. The van der Waals surface area contributed by atoms with Crippen LogP contribution < -0.4 is 5.32 Å². The summed E-state index contributed by atoms with van der Waals surface area (Å²) >= 11 is 0. The predicted octanol–water partition coefficient (Wildman–Crippen LogP) is 0.384. The molecule has 6 heteroatoms. The summed E-state index contributed by atoms with van der Waals surface area (Å²) in [5.74, 6) is 0. The van der Waals surface area contributed by atoms with E-state index in [1.807, 2.05) is 19.0 Å². The van der Waals surface area contributed by atoms with Crippen LogP contribution >= 0.6 is 0 Å². The molecule has 0 aromatic heterocycles. The first kappa shape index (κ1) is 12.7. The third-order valence-electron chi connectivity index (χ3n) is 2.57. The van der Waals surface area contributed by atoms with E-state index >= 15 is 0 Å². The number of nitrogens with zero attached hydrogens (tertiary/aromatic N) is 2. The van der Waals surface area contributed by atoms with Crippen LogP contribution in [0.25, 0.3) is 0 Å². The van der Waals surface area contributed by atoms with Gasteiger partial charge in [-0.3, -0.25) is 4.90 Å². The van der Waals surface area contributed by atoms with Gasteiger partial charge in [-0.05, 0) is 14.1 Å². The number of hydrogen-bond donors (Lipinski definition) is 1. The summed E-state index contributed by atoms with van der Waals surface area (Å²) < 4.78 is 37.9. The van der Waals surface area contributed by atoms with Gasteiger partial charge in [0.15, 0.2) is 0 Å². The largest absolute Gasteiger partial charge is 0.405 e. The zero-order chi connectivity index (χ0) is 11.5. The van der Waals surface area contributed by atoms with Crippen molar-refractivity contribution in [3.8, 4) is 0 Å². The highest BCUT2D eigenvalue weighted by Crippen LogP contribution is 2.25. The number of alkyl halides is 3. The Morgan fingerprint density at radius 1 is 1.40 bits per heavy atom. The maximum atomic E-state index is 12.6. The number of halogens is 3. The van der Waals surface area contributed by atoms with E-state index < -0.39 is 12.2 Å². The van der Waals surface area contributed by atoms with Gasteiger partial charge < -0.3 is 10.2 Å². The summed E-state index contributed by atoms with van der Waals surface area (Å²) in [6.45, 7) is 2.25. The molecule has 0 saturated carbocycles. The SMILES string of the molecule is CN(C)CCN1CCNCC1C(F)(F)F. The highest BCUT2D eigenvalue weighted by atomic mass is 19.4. The molecular formula is C9H18F3N3. The van der Waals surface area contributed by atoms with Crippen molar-refractivity contribution in [1.82, 2.24) is 15.1 Å². The Balaban J connectivity index is 2.50. The molecule has 0 aromatic rings. The van der Waals surface area contributed by atoms with Gasteiger partial charge in [-0.25, -0.2) is 0 Å². The Kier molecular flexibility index (Phi) is 4.36. The van der Waals surface area contributed by atoms with E-state index in [1.165, 1.54) is 4.90 Å². The molecule has 1 unspecified atom stereocenters. The molecule has 0 aromatic carbocycles. The lowest BCUT2D eigenvalue weighted by molar-refractivity contribution is -0.187. The average Bonchev–Trinajstić information content (AvgIpc) is 2.13. The van der Waals surface area contributed by atoms with Crippen molar-refractivity contribution in [2.75, 3.05) is 46.8 Å². The minimum absolute atomic E-state index is 0.0108. The van der Waals surface area contributed by atoms with Crippen molar-refractivity contribution >= 4 is 0 Å². The van der Waals surface area contributed by atoms with Crippen LogP contribution in [-0.2, 0) is 0 Å². The third-order valence-corrected chi connectivity index (χ3v) is 2.57. The molecule has 0 aliphatic carbocycles. The van der Waals surface area contributed by atoms with Gasteiger partial charge >= 0.3 is 6.18 Å². The monoisotopic (exact) mass is 225 g/mol. The predicted molar refractivity (Wildman–Crippen MR) is 52.8 cm³/mol. The van der Waals surface area contributed by atoms with Gasteiger partial charge in [0.1, 0.15) is 6.04 Å². The van der Waals surface area contributed by atoms with Gasteiger partial charge in [0.2, 0.25) is 0 Å². The van der Waals surface area contributed by atoms with Crippen LogP contribution in [-0.4, -0.2) is 68.8 Å². The molecule has 3 nitrogen and oxygen atoms in total. The van der Waals surface area contributed by atoms with Gasteiger partial charge in [0.05, 0.1) is 0 Å². The van der Waals surface area contributed by atoms with E-state index in [2.05, 4.69) is 5.32 Å². The van der Waals surface area contributed by atoms with Gasteiger partial charge in [-0.2, -0.15) is 13.2 Å². The summed E-state index contributed by atoms with van der Waals surface area (Å²) in [6, 6.07) is -1.33. The minimum Gasteiger partial charge on any atom is -0.314 e. The molecule has 1 atom stereocenters. The van der Waals surface area contributed by atoms with E-state index in [9.17, 15) is 13.2 Å². The van der Waals surface area contributed by atoms with Crippen molar-refractivity contribution in [2.45, 2.75) is 12.2 Å². The summed E-state index contributed by atoms with van der Waals surface area (Å²) in [6.07, 6.45) is -4.13. The van der Waals surface area contributed by atoms with Gasteiger partial charge in [-0.15, -0.1) is 0 Å². The highest BCUT2D eigenvalue weighted by Gasteiger charge is 2.44. The van der Waals surface area contributed by atoms with Crippen molar-refractivity contribution in [3.05, 3.63) is 0 Å². The molecule has 1 aliphatic heterocycles. The fourth-order valence-electron chi connectivity index (χ4n) is 1.67. The van der Waals surface area contributed by atoms with E-state index in [0.29, 0.717) is 26.2 Å². The third kappa shape index (κ3) is 3.96. The Hall–Kier alpha value is -0.330. The molecular weight excluding hydrogens is 207 g/mol. The van der Waals surface area contributed by atoms with Gasteiger partial charge in [0, 0.05) is 32.7 Å². The number of hydrogen-bond acceptors (Lipinski definition) is 3. The number of piperazine rings is 1. The van der Waals surface area contributed by atoms with Crippen LogP contribution in [0.3, 0.4) is 0 Å². The van der Waals surface area contributed by atoms with Crippen molar-refractivity contribution in [1.29, 1.82) is 0 Å². The Labute approximate surface area is 88.2 Å². The van der Waals surface area contributed by atoms with Gasteiger partial charge in [0.25, 0.3) is 0 Å². The molecule has 1 heterocycles. The molecule has 1 aliphatic rings. The lowest BCUT2D eigenvalue weighted by atomic mass is 10.2. The molecule has 1 saturated heterocycles. The highest BCUT2D eigenvalue weighted by molar-refractivity contribution is 4.85. The second kappa shape index (κ2) is 5.14. The van der Waals surface area contributed by atoms with E-state index in [4.69, 9.17) is 0 Å². The first-order valence-electron chi connectivity index (χ1n) is 5.07. The lowest BCUT2D eigenvalue weighted by Gasteiger charge is -2.37. The number of likely N-dealkylation sites (N-methyl/N-ethyl adjacent to an activating group) is 1. The fraction of sp³-hybridized carbons (Fsp3) is 1.00. The van der Waals surface area contributed by atoms with Crippen molar-refractivity contribution < 1.29 is 13.2 Å². The molecule has 0 amide bonds. The Morgan fingerprint density at radius 3 is 2.60 bits per heavy atom. The van der Waals surface area contributed by atoms with Crippen LogP contribution in [0.1, 0.15) is 0 Å². The number of nitrogens with one attached hydrogen (secondary N) is 1. The lowest BCUT2D eigenvalue weighted by Crippen LogP contribution is -2.58. The van der Waals surface area contributed by atoms with E-state index in [-0.39, 0.29) is 6.54 Å². The summed E-state index contributed by atoms with van der Waals surface area (Å²) in [5, 5.41) is 2.78. The normalized spacial score (nSPS) is 24.8. The van der Waals surface area contributed by atoms with Crippen LogP contribution in [0, 0.1) is 0 Å². The van der Waals surface area contributed by atoms with Crippen molar-refractivity contribution in [2.24, 2.45) is 0 Å². The van der Waals surface area contributed by atoms with Crippen LogP contribution in [0.5, 0.6) is 0 Å². The molecule has 0 radical (unpaired) electrons. The van der Waals surface area contributed by atoms with Crippen LogP contribution in [0.15, 0.2) is 0 Å². The summed E-state index contributed by atoms with van der Waals surface area (Å²) in [7, 11) is 3.73. The fourth-order valence-corrected chi connectivity index (χ4v) is 1.67. The maximum Gasteiger partial charge on any atom is 0.405 e. The Bertz CT molecular complexity index is 194. The zero-order valence-electron chi connectivity index (χ0n) is 9.14. The molecule has 0 bridgehead atoms. The molecule has 15 heavy (non-hydrogen) atoms. The topological polar surface area (TPSA) is 18.5 Å². The second-order valence-corrected chi connectivity index (χ2v) is 4.10. The Morgan fingerprint density at radius 2 is 2.07 bits per heavy atom. The van der Waals surface area contributed by atoms with E-state index in [1.54, 1.807) is 0 Å². The van der Waals surface area contributed by atoms with Crippen LogP contribution in [0.2, 0.25) is 0 Å². The molecule has 1 fully saturated rings. The van der Waals surface area contributed by atoms with Crippen molar-refractivity contribution in [3.63, 3.8) is 0 Å². The second-order valence-electron chi connectivity index (χ2n) is 4.10. The number of rotatable bonds is 3. The molecule has 1 N–H and O–H groups in total. The van der Waals surface area contributed by atoms with Gasteiger partial charge in [-0.1, -0.05) is 0 Å². The quantitative estimate of drug-likeness (QED) is 0.749. The zero-order valence-corrected chi connectivity index (χ0v) is 9.14.